The number of likely N-dealkylation sites (N-methyl/N-ethyl adjacent to an activating group) is 1. The number of nitrogens with two attached hydrogens (primary N) is 1. The van der Waals surface area contributed by atoms with E-state index in [1.807, 2.05) is 38.1 Å². The highest BCUT2D eigenvalue weighted by molar-refractivity contribution is 5.99. The molecule has 1 aromatic carbocycles. The predicted octanol–water partition coefficient (Wildman–Crippen LogP) is 2.10. The molecule has 0 radical (unpaired) electrons. The topological polar surface area (TPSA) is 71.2 Å². The van der Waals surface area contributed by atoms with Gasteiger partial charge in [-0.15, -0.1) is 0 Å². The number of anilines is 2. The average Bonchev–Trinajstić information content (AvgIpc) is 2.48. The number of benzene rings is 1. The third-order valence-corrected chi connectivity index (χ3v) is 3.40. The zero-order valence-electron chi connectivity index (χ0n) is 12.1. The summed E-state index contributed by atoms with van der Waals surface area (Å²) in [5, 5.41) is 4.11. The first-order valence-electron chi connectivity index (χ1n) is 6.69. The van der Waals surface area contributed by atoms with Gasteiger partial charge in [-0.3, -0.25) is 9.78 Å². The van der Waals surface area contributed by atoms with Crippen molar-refractivity contribution in [2.75, 3.05) is 24.6 Å². The molecule has 106 valence electrons. The van der Waals surface area contributed by atoms with Crippen LogP contribution >= 0.6 is 0 Å². The number of carbonyl (C=O) groups is 1. The number of nitrogen functional groups attached to an aromatic ring is 1. The van der Waals surface area contributed by atoms with Crippen molar-refractivity contribution in [2.24, 2.45) is 0 Å². The van der Waals surface area contributed by atoms with Gasteiger partial charge < -0.3 is 16.0 Å². The lowest BCUT2D eigenvalue weighted by molar-refractivity contribution is -0.130. The highest BCUT2D eigenvalue weighted by Crippen LogP contribution is 2.26. The maximum Gasteiger partial charge on any atom is 0.244 e. The molecule has 3 N–H and O–H groups in total. The summed E-state index contributed by atoms with van der Waals surface area (Å²) in [4.78, 5) is 18.1. The summed E-state index contributed by atoms with van der Waals surface area (Å²) in [5.41, 5.74) is 8.23. The molecule has 0 aliphatic carbocycles. The Morgan fingerprint density at radius 2 is 2.20 bits per heavy atom. The zero-order chi connectivity index (χ0) is 14.7. The molecule has 1 amide bonds. The second-order valence-electron chi connectivity index (χ2n) is 4.82. The molecule has 1 aromatic heterocycles. The van der Waals surface area contributed by atoms with Gasteiger partial charge in [0.05, 0.1) is 11.2 Å². The minimum absolute atomic E-state index is 0.0495. The fraction of sp³-hybridized carbons (Fsp3) is 0.333. The van der Waals surface area contributed by atoms with Gasteiger partial charge in [0.1, 0.15) is 6.04 Å². The van der Waals surface area contributed by atoms with E-state index in [0.29, 0.717) is 12.2 Å². The van der Waals surface area contributed by atoms with Gasteiger partial charge in [0, 0.05) is 30.9 Å². The molecule has 5 heteroatoms. The number of nitrogens with zero attached hydrogens (tertiary/aromatic N) is 2. The molecule has 1 heterocycles. The van der Waals surface area contributed by atoms with Crippen LogP contribution in [-0.2, 0) is 4.79 Å². The van der Waals surface area contributed by atoms with Crippen LogP contribution in [-0.4, -0.2) is 35.4 Å². The molecule has 0 fully saturated rings. The van der Waals surface area contributed by atoms with Gasteiger partial charge in [-0.2, -0.15) is 0 Å². The fourth-order valence-corrected chi connectivity index (χ4v) is 2.09. The van der Waals surface area contributed by atoms with Gasteiger partial charge in [-0.1, -0.05) is 0 Å². The van der Waals surface area contributed by atoms with Crippen LogP contribution in [0.5, 0.6) is 0 Å². The van der Waals surface area contributed by atoms with E-state index in [0.717, 1.165) is 16.6 Å². The van der Waals surface area contributed by atoms with Crippen LogP contribution in [0.1, 0.15) is 13.8 Å². The summed E-state index contributed by atoms with van der Waals surface area (Å²) in [6.45, 7) is 4.48. The minimum Gasteiger partial charge on any atom is -0.398 e. The van der Waals surface area contributed by atoms with Gasteiger partial charge >= 0.3 is 0 Å². The first-order valence-corrected chi connectivity index (χ1v) is 6.69. The number of pyridine rings is 1. The Hall–Kier alpha value is -2.30. The molecule has 0 saturated carbocycles. The van der Waals surface area contributed by atoms with Crippen molar-refractivity contribution in [3.05, 3.63) is 30.5 Å². The van der Waals surface area contributed by atoms with Gasteiger partial charge in [-0.25, -0.2) is 0 Å². The first kappa shape index (κ1) is 14.1. The van der Waals surface area contributed by atoms with Crippen molar-refractivity contribution in [3.63, 3.8) is 0 Å². The molecule has 0 saturated heterocycles. The maximum atomic E-state index is 12.1. The minimum atomic E-state index is -0.311. The maximum absolute atomic E-state index is 12.1. The molecule has 1 atom stereocenters. The number of nitrogens with one attached hydrogen (secondary N) is 1. The summed E-state index contributed by atoms with van der Waals surface area (Å²) in [6, 6.07) is 7.15. The van der Waals surface area contributed by atoms with Crippen LogP contribution in [0, 0.1) is 0 Å². The normalized spacial score (nSPS) is 12.2. The first-order chi connectivity index (χ1) is 9.54. The molecule has 5 nitrogen and oxygen atoms in total. The second-order valence-corrected chi connectivity index (χ2v) is 4.82. The predicted molar refractivity (Wildman–Crippen MR) is 82.6 cm³/mol. The lowest BCUT2D eigenvalue weighted by Crippen LogP contribution is -2.38. The van der Waals surface area contributed by atoms with Crippen molar-refractivity contribution in [3.8, 4) is 0 Å². The molecule has 1 unspecified atom stereocenters. The highest BCUT2D eigenvalue weighted by Gasteiger charge is 2.17. The summed E-state index contributed by atoms with van der Waals surface area (Å²) in [6.07, 6.45) is 1.72. The third kappa shape index (κ3) is 2.66. The summed E-state index contributed by atoms with van der Waals surface area (Å²) < 4.78 is 0. The number of fused-ring (bicyclic) bond motifs is 1. The molecular formula is C15H20N4O. The Kier molecular flexibility index (Phi) is 4.08. The number of hydrogen-bond donors (Lipinski definition) is 2. The Bertz CT molecular complexity index is 626. The van der Waals surface area contributed by atoms with Gasteiger partial charge in [0.15, 0.2) is 0 Å². The van der Waals surface area contributed by atoms with E-state index in [4.69, 9.17) is 5.73 Å². The Labute approximate surface area is 118 Å². The third-order valence-electron chi connectivity index (χ3n) is 3.40. The summed E-state index contributed by atoms with van der Waals surface area (Å²) >= 11 is 0. The molecule has 0 aliphatic rings. The molecule has 2 rings (SSSR count). The fourth-order valence-electron chi connectivity index (χ4n) is 2.09. The van der Waals surface area contributed by atoms with Crippen LogP contribution in [0.3, 0.4) is 0 Å². The highest BCUT2D eigenvalue weighted by atomic mass is 16.2. The van der Waals surface area contributed by atoms with E-state index in [1.165, 1.54) is 0 Å². The standard InChI is InChI=1S/C15H20N4O/c1-4-19(3)15(20)10(2)18-13-8-7-12(16)11-6-5-9-17-14(11)13/h5-10,18H,4,16H2,1-3H3. The van der Waals surface area contributed by atoms with Gasteiger partial charge in [0.2, 0.25) is 5.91 Å². The van der Waals surface area contributed by atoms with Gasteiger partial charge in [-0.05, 0) is 38.1 Å². The van der Waals surface area contributed by atoms with E-state index in [1.54, 1.807) is 18.1 Å². The molecular weight excluding hydrogens is 252 g/mol. The Morgan fingerprint density at radius 1 is 1.45 bits per heavy atom. The zero-order valence-corrected chi connectivity index (χ0v) is 12.1. The molecule has 2 aromatic rings. The van der Waals surface area contributed by atoms with Crippen molar-refractivity contribution in [2.45, 2.75) is 19.9 Å². The summed E-state index contributed by atoms with van der Waals surface area (Å²) in [7, 11) is 1.79. The smallest absolute Gasteiger partial charge is 0.244 e. The lowest BCUT2D eigenvalue weighted by Gasteiger charge is -2.22. The van der Waals surface area contributed by atoms with Crippen molar-refractivity contribution in [1.29, 1.82) is 0 Å². The number of hydrogen-bond acceptors (Lipinski definition) is 4. The summed E-state index contributed by atoms with van der Waals surface area (Å²) in [5.74, 6) is 0.0495. The SMILES string of the molecule is CCN(C)C(=O)C(C)Nc1ccc(N)c2cccnc12. The Balaban J connectivity index is 2.31. The van der Waals surface area contributed by atoms with Crippen LogP contribution < -0.4 is 11.1 Å². The molecule has 0 bridgehead atoms. The second kappa shape index (κ2) is 5.77. The number of rotatable bonds is 4. The number of carbonyl (C=O) groups excluding carboxylic acids is 1. The van der Waals surface area contributed by atoms with Crippen molar-refractivity contribution in [1.82, 2.24) is 9.88 Å². The van der Waals surface area contributed by atoms with E-state index in [-0.39, 0.29) is 11.9 Å². The van der Waals surface area contributed by atoms with Crippen LogP contribution in [0.25, 0.3) is 10.9 Å². The van der Waals surface area contributed by atoms with E-state index < -0.39 is 0 Å². The van der Waals surface area contributed by atoms with Crippen LogP contribution in [0.2, 0.25) is 0 Å². The van der Waals surface area contributed by atoms with E-state index in [9.17, 15) is 4.79 Å². The molecule has 0 aliphatic heterocycles. The van der Waals surface area contributed by atoms with Gasteiger partial charge in [0.25, 0.3) is 0 Å². The number of aromatic nitrogens is 1. The van der Waals surface area contributed by atoms with Crippen LogP contribution in [0.15, 0.2) is 30.5 Å². The lowest BCUT2D eigenvalue weighted by atomic mass is 10.1. The van der Waals surface area contributed by atoms with E-state index in [2.05, 4.69) is 10.3 Å². The number of amides is 1. The van der Waals surface area contributed by atoms with E-state index >= 15 is 0 Å². The van der Waals surface area contributed by atoms with Crippen molar-refractivity contribution >= 4 is 28.2 Å². The quantitative estimate of drug-likeness (QED) is 0.836. The molecule has 0 spiro atoms. The van der Waals surface area contributed by atoms with Crippen molar-refractivity contribution < 1.29 is 4.79 Å². The van der Waals surface area contributed by atoms with Crippen LogP contribution in [0.4, 0.5) is 11.4 Å². The average molecular weight is 272 g/mol. The largest absolute Gasteiger partial charge is 0.398 e. The Morgan fingerprint density at radius 3 is 2.90 bits per heavy atom. The monoisotopic (exact) mass is 272 g/mol. The molecule has 20 heavy (non-hydrogen) atoms.